The molecule has 0 aromatic heterocycles. The molecule has 27 heavy (non-hydrogen) atoms. The zero-order valence-corrected chi connectivity index (χ0v) is 16.5. The van der Waals surface area contributed by atoms with Crippen molar-refractivity contribution in [1.82, 2.24) is 10.6 Å². The van der Waals surface area contributed by atoms with Crippen LogP contribution in [0.2, 0.25) is 0 Å². The smallest absolute Gasteiger partial charge is 0.191 e. The maximum Gasteiger partial charge on any atom is 0.191 e. The van der Waals surface area contributed by atoms with Crippen molar-refractivity contribution < 1.29 is 18.9 Å². The van der Waals surface area contributed by atoms with Gasteiger partial charge in [-0.3, -0.25) is 4.99 Å². The Balaban J connectivity index is 1.61. The highest BCUT2D eigenvalue weighted by Gasteiger charge is 2.15. The number of hydrogen-bond donors (Lipinski definition) is 2. The fraction of sp³-hybridized carbons (Fsp3) is 0.650. The second-order valence-corrected chi connectivity index (χ2v) is 6.40. The van der Waals surface area contributed by atoms with E-state index < -0.39 is 0 Å². The predicted octanol–water partition coefficient (Wildman–Crippen LogP) is 1.96. The maximum absolute atomic E-state index is 5.76. The van der Waals surface area contributed by atoms with Crippen molar-refractivity contribution in [2.75, 3.05) is 53.7 Å². The lowest BCUT2D eigenvalue weighted by molar-refractivity contribution is 0.0420. The molecule has 1 aromatic rings. The van der Waals surface area contributed by atoms with Gasteiger partial charge in [-0.15, -0.1) is 0 Å². The highest BCUT2D eigenvalue weighted by Crippen LogP contribution is 2.13. The van der Waals surface area contributed by atoms with Gasteiger partial charge in [0, 0.05) is 53.5 Å². The van der Waals surface area contributed by atoms with E-state index >= 15 is 0 Å². The lowest BCUT2D eigenvalue weighted by Gasteiger charge is -2.14. The minimum atomic E-state index is 0.270. The molecule has 7 nitrogen and oxygen atoms in total. The molecular formula is C20H33N3O4. The van der Waals surface area contributed by atoms with Crippen LogP contribution in [0.3, 0.4) is 0 Å². The molecule has 0 radical (unpaired) electrons. The molecule has 0 amide bonds. The summed E-state index contributed by atoms with van der Waals surface area (Å²) in [7, 11) is 3.47. The van der Waals surface area contributed by atoms with E-state index in [1.54, 1.807) is 14.2 Å². The largest absolute Gasteiger partial charge is 0.493 e. The summed E-state index contributed by atoms with van der Waals surface area (Å²) in [5, 5.41) is 6.63. The number of guanidine groups is 1. The summed E-state index contributed by atoms with van der Waals surface area (Å²) >= 11 is 0. The molecule has 1 unspecified atom stereocenters. The highest BCUT2D eigenvalue weighted by atomic mass is 16.5. The van der Waals surface area contributed by atoms with E-state index in [1.807, 2.05) is 18.2 Å². The monoisotopic (exact) mass is 379 g/mol. The van der Waals surface area contributed by atoms with Gasteiger partial charge in [0.2, 0.25) is 0 Å². The molecule has 0 saturated carbocycles. The van der Waals surface area contributed by atoms with Crippen LogP contribution in [0.5, 0.6) is 5.75 Å². The standard InChI is InChI=1S/C20H33N3O4/c1-21-20(22-9-4-11-27-19-8-13-25-16-19)23-15-17-6-3-7-18(14-17)26-12-5-10-24-2/h3,6-7,14,19H,4-5,8-13,15-16H2,1-2H3,(H2,21,22,23). The summed E-state index contributed by atoms with van der Waals surface area (Å²) in [6.45, 7) is 5.15. The second kappa shape index (κ2) is 13.4. The van der Waals surface area contributed by atoms with Crippen molar-refractivity contribution in [3.05, 3.63) is 29.8 Å². The number of aliphatic imine (C=N–C) groups is 1. The SMILES string of the molecule is CN=C(NCCCOC1CCOC1)NCc1cccc(OCCCOC)c1. The third-order valence-electron chi connectivity index (χ3n) is 4.20. The molecule has 1 heterocycles. The molecule has 7 heteroatoms. The van der Waals surface area contributed by atoms with Gasteiger partial charge < -0.3 is 29.6 Å². The molecule has 0 spiro atoms. The van der Waals surface area contributed by atoms with E-state index in [0.29, 0.717) is 19.8 Å². The van der Waals surface area contributed by atoms with E-state index in [2.05, 4.69) is 21.7 Å². The van der Waals surface area contributed by atoms with Crippen LogP contribution < -0.4 is 15.4 Å². The van der Waals surface area contributed by atoms with E-state index in [4.69, 9.17) is 18.9 Å². The summed E-state index contributed by atoms with van der Waals surface area (Å²) in [4.78, 5) is 4.26. The van der Waals surface area contributed by atoms with Gasteiger partial charge in [-0.25, -0.2) is 0 Å². The van der Waals surface area contributed by atoms with Crippen molar-refractivity contribution >= 4 is 5.96 Å². The van der Waals surface area contributed by atoms with Gasteiger partial charge in [0.05, 0.1) is 19.3 Å². The first-order valence-electron chi connectivity index (χ1n) is 9.66. The van der Waals surface area contributed by atoms with Gasteiger partial charge in [0.15, 0.2) is 5.96 Å². The zero-order valence-electron chi connectivity index (χ0n) is 16.5. The summed E-state index contributed by atoms with van der Waals surface area (Å²) in [6, 6.07) is 8.09. The first-order chi connectivity index (χ1) is 13.3. The minimum absolute atomic E-state index is 0.270. The third kappa shape index (κ3) is 9.08. The van der Waals surface area contributed by atoms with Crippen molar-refractivity contribution in [3.8, 4) is 5.75 Å². The van der Waals surface area contributed by atoms with Crippen molar-refractivity contribution in [1.29, 1.82) is 0 Å². The topological polar surface area (TPSA) is 73.3 Å². The molecule has 0 aliphatic carbocycles. The Morgan fingerprint density at radius 3 is 2.93 bits per heavy atom. The van der Waals surface area contributed by atoms with Gasteiger partial charge >= 0.3 is 0 Å². The summed E-state index contributed by atoms with van der Waals surface area (Å²) in [5.41, 5.74) is 1.15. The lowest BCUT2D eigenvalue weighted by Crippen LogP contribution is -2.37. The van der Waals surface area contributed by atoms with Crippen LogP contribution in [-0.2, 0) is 20.8 Å². The molecule has 1 atom stereocenters. The fourth-order valence-corrected chi connectivity index (χ4v) is 2.72. The Kier molecular flexibility index (Phi) is 10.6. The first-order valence-corrected chi connectivity index (χ1v) is 9.66. The summed E-state index contributed by atoms with van der Waals surface area (Å²) in [5.74, 6) is 1.66. The zero-order chi connectivity index (χ0) is 19.2. The Bertz CT molecular complexity index is 548. The molecular weight excluding hydrogens is 346 g/mol. The van der Waals surface area contributed by atoms with Crippen LogP contribution >= 0.6 is 0 Å². The highest BCUT2D eigenvalue weighted by molar-refractivity contribution is 5.79. The molecule has 1 saturated heterocycles. The fourth-order valence-electron chi connectivity index (χ4n) is 2.72. The van der Waals surface area contributed by atoms with E-state index in [-0.39, 0.29) is 6.10 Å². The number of nitrogens with zero attached hydrogens (tertiary/aromatic N) is 1. The Labute approximate surface area is 162 Å². The number of nitrogens with one attached hydrogen (secondary N) is 2. The molecule has 1 fully saturated rings. The minimum Gasteiger partial charge on any atom is -0.493 e. The molecule has 1 aromatic carbocycles. The number of benzene rings is 1. The van der Waals surface area contributed by atoms with Gasteiger partial charge in [-0.1, -0.05) is 12.1 Å². The van der Waals surface area contributed by atoms with E-state index in [9.17, 15) is 0 Å². The van der Waals surface area contributed by atoms with Crippen LogP contribution in [0.4, 0.5) is 0 Å². The quantitative estimate of drug-likeness (QED) is 0.329. The number of methoxy groups -OCH3 is 1. The van der Waals surface area contributed by atoms with Gasteiger partial charge in [0.25, 0.3) is 0 Å². The molecule has 152 valence electrons. The number of hydrogen-bond acceptors (Lipinski definition) is 5. The second-order valence-electron chi connectivity index (χ2n) is 6.40. The van der Waals surface area contributed by atoms with Crippen LogP contribution in [0.1, 0.15) is 24.8 Å². The Morgan fingerprint density at radius 1 is 1.22 bits per heavy atom. The Hall–Kier alpha value is -1.83. The van der Waals surface area contributed by atoms with Crippen LogP contribution in [-0.4, -0.2) is 65.8 Å². The molecule has 2 rings (SSSR count). The first kappa shape index (κ1) is 21.5. The van der Waals surface area contributed by atoms with Gasteiger partial charge in [-0.05, 0) is 30.5 Å². The maximum atomic E-state index is 5.76. The summed E-state index contributed by atoms with van der Waals surface area (Å²) < 4.78 is 21.8. The molecule has 0 bridgehead atoms. The Morgan fingerprint density at radius 2 is 2.15 bits per heavy atom. The van der Waals surface area contributed by atoms with Crippen LogP contribution in [0.25, 0.3) is 0 Å². The number of rotatable bonds is 12. The molecule has 1 aliphatic heterocycles. The molecule has 2 N–H and O–H groups in total. The normalized spacial score (nSPS) is 17.1. The van der Waals surface area contributed by atoms with Gasteiger partial charge in [0.1, 0.15) is 5.75 Å². The van der Waals surface area contributed by atoms with E-state index in [1.165, 1.54) is 0 Å². The lowest BCUT2D eigenvalue weighted by atomic mass is 10.2. The predicted molar refractivity (Wildman–Crippen MR) is 106 cm³/mol. The van der Waals surface area contributed by atoms with E-state index in [0.717, 1.165) is 62.9 Å². The van der Waals surface area contributed by atoms with Crippen molar-refractivity contribution in [3.63, 3.8) is 0 Å². The van der Waals surface area contributed by atoms with Crippen LogP contribution in [0, 0.1) is 0 Å². The van der Waals surface area contributed by atoms with Crippen LogP contribution in [0.15, 0.2) is 29.3 Å². The van der Waals surface area contributed by atoms with Gasteiger partial charge in [-0.2, -0.15) is 0 Å². The average Bonchev–Trinajstić information content (AvgIpc) is 3.21. The third-order valence-corrected chi connectivity index (χ3v) is 4.20. The van der Waals surface area contributed by atoms with Crippen molar-refractivity contribution in [2.45, 2.75) is 31.9 Å². The molecule has 1 aliphatic rings. The number of ether oxygens (including phenoxy) is 4. The summed E-state index contributed by atoms with van der Waals surface area (Å²) in [6.07, 6.45) is 3.09. The average molecular weight is 380 g/mol. The van der Waals surface area contributed by atoms with Crippen molar-refractivity contribution in [2.24, 2.45) is 4.99 Å².